The Labute approximate surface area is 174 Å². The number of aromatic nitrogens is 2. The van der Waals surface area contributed by atoms with E-state index in [4.69, 9.17) is 4.74 Å². The third kappa shape index (κ3) is 5.40. The maximum atomic E-state index is 14.1. The highest BCUT2D eigenvalue weighted by atomic mass is 19.4. The number of nitrogens with zero attached hydrogens (tertiary/aromatic N) is 1. The van der Waals surface area contributed by atoms with Gasteiger partial charge in [-0.1, -0.05) is 19.4 Å². The van der Waals surface area contributed by atoms with E-state index in [0.29, 0.717) is 5.82 Å². The van der Waals surface area contributed by atoms with Gasteiger partial charge in [0.25, 0.3) is 11.5 Å². The molecule has 0 aliphatic heterocycles. The predicted octanol–water partition coefficient (Wildman–Crippen LogP) is 3.37. The van der Waals surface area contributed by atoms with Crippen molar-refractivity contribution in [1.82, 2.24) is 15.3 Å². The van der Waals surface area contributed by atoms with Crippen molar-refractivity contribution in [1.29, 1.82) is 0 Å². The molecule has 1 fully saturated rings. The van der Waals surface area contributed by atoms with E-state index in [1.165, 1.54) is 13.2 Å². The Bertz CT molecular complexity index is 1020. The highest BCUT2D eigenvalue weighted by Gasteiger charge is 2.37. The first-order valence-corrected chi connectivity index (χ1v) is 9.47. The third-order valence-electron chi connectivity index (χ3n) is 5.23. The second-order valence-corrected chi connectivity index (χ2v) is 7.61. The van der Waals surface area contributed by atoms with E-state index in [9.17, 15) is 27.2 Å². The van der Waals surface area contributed by atoms with Crippen molar-refractivity contribution >= 4 is 5.91 Å². The Hall–Kier alpha value is -2.95. The summed E-state index contributed by atoms with van der Waals surface area (Å²) in [4.78, 5) is 31.7. The Morgan fingerprint density at radius 3 is 2.58 bits per heavy atom. The summed E-state index contributed by atoms with van der Waals surface area (Å²) in [6, 6.07) is 2.95. The molecule has 1 heterocycles. The first kappa shape index (κ1) is 22.7. The van der Waals surface area contributed by atoms with Crippen LogP contribution in [0.15, 0.2) is 29.1 Å². The van der Waals surface area contributed by atoms with E-state index >= 15 is 0 Å². The molecule has 1 saturated carbocycles. The molecule has 1 aromatic carbocycles. The number of aromatic amines is 1. The molecule has 11 heteroatoms. The molecular weight excluding hydrogens is 422 g/mol. The number of nitrogens with one attached hydrogen (secondary N) is 2. The van der Waals surface area contributed by atoms with Crippen molar-refractivity contribution in [2.24, 2.45) is 0 Å². The first-order valence-electron chi connectivity index (χ1n) is 9.47. The molecule has 0 spiro atoms. The number of hydrogen-bond acceptors (Lipinski definition) is 5. The zero-order valence-electron chi connectivity index (χ0n) is 16.8. The summed E-state index contributed by atoms with van der Waals surface area (Å²) in [5.74, 6) is -2.53. The van der Waals surface area contributed by atoms with Crippen LogP contribution in [0.1, 0.15) is 54.1 Å². The fraction of sp³-hybridized carbons (Fsp3) is 0.450. The monoisotopic (exact) mass is 443 g/mol. The second kappa shape index (κ2) is 8.66. The van der Waals surface area contributed by atoms with Gasteiger partial charge >= 0.3 is 6.36 Å². The van der Waals surface area contributed by atoms with Crippen LogP contribution in [0.5, 0.6) is 5.75 Å². The van der Waals surface area contributed by atoms with Gasteiger partial charge < -0.3 is 19.8 Å². The number of carbonyl (C=O) groups is 1. The van der Waals surface area contributed by atoms with Crippen LogP contribution < -0.4 is 15.6 Å². The Balaban J connectivity index is 1.83. The zero-order chi connectivity index (χ0) is 22.8. The fourth-order valence-corrected chi connectivity index (χ4v) is 3.37. The highest BCUT2D eigenvalue weighted by molar-refractivity contribution is 5.92. The van der Waals surface area contributed by atoms with Crippen LogP contribution in [0.2, 0.25) is 0 Å². The Morgan fingerprint density at radius 2 is 2.03 bits per heavy atom. The van der Waals surface area contributed by atoms with Gasteiger partial charge in [0, 0.05) is 18.6 Å². The molecule has 1 aliphatic carbocycles. The Kier molecular flexibility index (Phi) is 6.35. The summed E-state index contributed by atoms with van der Waals surface area (Å²) in [5.41, 5.74) is -0.756. The molecular formula is C20H21F4N3O4. The molecule has 2 N–H and O–H groups in total. The maximum absolute atomic E-state index is 14.1. The van der Waals surface area contributed by atoms with Crippen LogP contribution in [0.4, 0.5) is 17.6 Å². The summed E-state index contributed by atoms with van der Waals surface area (Å²) in [7, 11) is 1.34. The van der Waals surface area contributed by atoms with Crippen LogP contribution in [0.25, 0.3) is 0 Å². The van der Waals surface area contributed by atoms with E-state index in [-0.39, 0.29) is 23.3 Å². The van der Waals surface area contributed by atoms with Gasteiger partial charge in [-0.2, -0.15) is 0 Å². The van der Waals surface area contributed by atoms with E-state index < -0.39 is 35.4 Å². The molecule has 1 aromatic heterocycles. The molecule has 0 bridgehead atoms. The smallest absolute Gasteiger partial charge is 0.403 e. The number of H-pyrrole nitrogens is 1. The summed E-state index contributed by atoms with van der Waals surface area (Å²) in [6.45, 7) is 1.84. The van der Waals surface area contributed by atoms with Gasteiger partial charge in [-0.3, -0.25) is 9.59 Å². The van der Waals surface area contributed by atoms with Gasteiger partial charge in [0.2, 0.25) is 0 Å². The van der Waals surface area contributed by atoms with Gasteiger partial charge in [0.15, 0.2) is 11.6 Å². The normalized spacial score (nSPS) is 16.3. The van der Waals surface area contributed by atoms with Crippen LogP contribution in [-0.4, -0.2) is 36.0 Å². The van der Waals surface area contributed by atoms with Crippen molar-refractivity contribution in [3.8, 4) is 5.75 Å². The number of rotatable bonds is 7. The topological polar surface area (TPSA) is 93.3 Å². The summed E-state index contributed by atoms with van der Waals surface area (Å²) in [6.07, 6.45) is -2.38. The lowest BCUT2D eigenvalue weighted by Gasteiger charge is -2.37. The number of hydrogen-bond donors (Lipinski definition) is 2. The molecule has 0 unspecified atom stereocenters. The molecule has 1 atom stereocenters. The van der Waals surface area contributed by atoms with Crippen molar-refractivity contribution < 1.29 is 31.8 Å². The molecule has 1 aliphatic rings. The number of alkyl halides is 3. The fourth-order valence-electron chi connectivity index (χ4n) is 3.37. The van der Waals surface area contributed by atoms with Crippen molar-refractivity contribution in [3.05, 3.63) is 57.5 Å². The minimum atomic E-state index is -5.04. The van der Waals surface area contributed by atoms with Crippen molar-refractivity contribution in [2.45, 2.75) is 44.0 Å². The highest BCUT2D eigenvalue weighted by Crippen LogP contribution is 2.41. The lowest BCUT2D eigenvalue weighted by atomic mass is 9.70. The largest absolute Gasteiger partial charge is 0.573 e. The molecule has 0 radical (unpaired) electrons. The summed E-state index contributed by atoms with van der Waals surface area (Å²) < 4.78 is 59.8. The van der Waals surface area contributed by atoms with Crippen molar-refractivity contribution in [2.75, 3.05) is 13.7 Å². The summed E-state index contributed by atoms with van der Waals surface area (Å²) >= 11 is 0. The number of benzene rings is 1. The van der Waals surface area contributed by atoms with Gasteiger partial charge in [-0.15, -0.1) is 13.2 Å². The number of methoxy groups -OCH3 is 1. The SMILES string of the molecule is COC[C@@H](NC(=O)c1cc(=O)[nH]c(C2(C)CCC2)n1)c1ccc(OC(F)(F)F)c(F)c1. The van der Waals surface area contributed by atoms with E-state index in [1.807, 2.05) is 6.92 Å². The second-order valence-electron chi connectivity index (χ2n) is 7.61. The van der Waals surface area contributed by atoms with Gasteiger partial charge in [-0.05, 0) is 30.5 Å². The average Bonchev–Trinajstić information content (AvgIpc) is 2.65. The maximum Gasteiger partial charge on any atom is 0.573 e. The average molecular weight is 443 g/mol. The van der Waals surface area contributed by atoms with Gasteiger partial charge in [0.05, 0.1) is 12.6 Å². The minimum absolute atomic E-state index is 0.0988. The molecule has 1 amide bonds. The van der Waals surface area contributed by atoms with Gasteiger partial charge in [-0.25, -0.2) is 9.37 Å². The molecule has 7 nitrogen and oxygen atoms in total. The van der Waals surface area contributed by atoms with E-state index in [0.717, 1.165) is 37.5 Å². The van der Waals surface area contributed by atoms with Crippen LogP contribution >= 0.6 is 0 Å². The van der Waals surface area contributed by atoms with Crippen LogP contribution in [-0.2, 0) is 10.2 Å². The van der Waals surface area contributed by atoms with Crippen LogP contribution in [0.3, 0.4) is 0 Å². The number of halogens is 4. The molecule has 3 rings (SSSR count). The first-order chi connectivity index (χ1) is 14.5. The van der Waals surface area contributed by atoms with E-state index in [1.54, 1.807) is 0 Å². The Morgan fingerprint density at radius 1 is 1.32 bits per heavy atom. The number of amides is 1. The number of ether oxygens (including phenoxy) is 2. The number of carbonyl (C=O) groups excluding carboxylic acids is 1. The third-order valence-corrected chi connectivity index (χ3v) is 5.23. The summed E-state index contributed by atoms with van der Waals surface area (Å²) in [5, 5.41) is 2.58. The minimum Gasteiger partial charge on any atom is -0.403 e. The zero-order valence-corrected chi connectivity index (χ0v) is 16.8. The standard InChI is InChI=1S/C20H21F4N3O4/c1-19(6-3-7-19)18-26-13(9-16(28)27-18)17(29)25-14(10-30-2)11-4-5-15(12(21)8-11)31-20(22,23)24/h4-5,8-9,14H,3,6-7,10H2,1-2H3,(H,25,29)(H,26,27,28)/t14-/m1/s1. The predicted molar refractivity (Wildman–Crippen MR) is 101 cm³/mol. The quantitative estimate of drug-likeness (QED) is 0.640. The van der Waals surface area contributed by atoms with E-state index in [2.05, 4.69) is 20.0 Å². The molecule has 31 heavy (non-hydrogen) atoms. The molecule has 2 aromatic rings. The van der Waals surface area contributed by atoms with Gasteiger partial charge in [0.1, 0.15) is 11.5 Å². The molecule has 168 valence electrons. The van der Waals surface area contributed by atoms with Crippen LogP contribution in [0, 0.1) is 5.82 Å². The molecule has 0 saturated heterocycles. The lowest BCUT2D eigenvalue weighted by Crippen LogP contribution is -2.37. The van der Waals surface area contributed by atoms with Crippen molar-refractivity contribution in [3.63, 3.8) is 0 Å². The lowest BCUT2D eigenvalue weighted by molar-refractivity contribution is -0.275.